The number of aromatic nitrogens is 2. The number of rotatable bonds is 7. The van der Waals surface area contributed by atoms with Gasteiger partial charge in [-0.1, -0.05) is 29.7 Å². The number of hydrogen-bond acceptors (Lipinski definition) is 8. The van der Waals surface area contributed by atoms with E-state index in [1.54, 1.807) is 18.2 Å². The zero-order valence-electron chi connectivity index (χ0n) is 26.1. The molecule has 4 saturated heterocycles. The van der Waals surface area contributed by atoms with Crippen LogP contribution in [-0.2, 0) is 4.74 Å². The van der Waals surface area contributed by atoms with Gasteiger partial charge in [0.15, 0.2) is 5.82 Å². The van der Waals surface area contributed by atoms with Gasteiger partial charge >= 0.3 is 6.01 Å². The number of nitrogens with one attached hydrogen (secondary N) is 1. The zero-order valence-corrected chi connectivity index (χ0v) is 26.9. The van der Waals surface area contributed by atoms with Gasteiger partial charge in [0.25, 0.3) is 0 Å². The van der Waals surface area contributed by atoms with Crippen molar-refractivity contribution in [3.8, 4) is 35.2 Å². The maximum Gasteiger partial charge on any atom is 0.319 e. The van der Waals surface area contributed by atoms with Crippen molar-refractivity contribution < 1.29 is 19.0 Å². The van der Waals surface area contributed by atoms with Crippen LogP contribution in [0.1, 0.15) is 31.2 Å². The van der Waals surface area contributed by atoms with Gasteiger partial charge in [-0.25, -0.2) is 4.39 Å². The van der Waals surface area contributed by atoms with E-state index < -0.39 is 5.82 Å². The van der Waals surface area contributed by atoms with Crippen LogP contribution in [0.25, 0.3) is 32.8 Å². The van der Waals surface area contributed by atoms with E-state index in [2.05, 4.69) is 21.0 Å². The maximum atomic E-state index is 17.1. The number of anilines is 1. The monoisotopic (exact) mass is 653 g/mol. The normalized spacial score (nSPS) is 26.2. The second kappa shape index (κ2) is 11.2. The molecule has 10 heteroatoms. The highest BCUT2D eigenvalue weighted by atomic mass is 35.5. The van der Waals surface area contributed by atoms with Crippen LogP contribution in [0.3, 0.4) is 0 Å². The summed E-state index contributed by atoms with van der Waals surface area (Å²) in [6.45, 7) is 6.88. The number of halogens is 2. The second-order valence-corrected chi connectivity index (χ2v) is 14.8. The quantitative estimate of drug-likeness (QED) is 0.249. The number of hydrogen-bond donors (Lipinski definition) is 2. The van der Waals surface area contributed by atoms with Gasteiger partial charge in [-0.05, 0) is 60.9 Å². The fourth-order valence-corrected chi connectivity index (χ4v) is 8.84. The molecule has 8 nitrogen and oxygen atoms in total. The van der Waals surface area contributed by atoms with Crippen LogP contribution in [0, 0.1) is 35.4 Å². The standard InChI is InChI=1S/C37H37ClFN5O3/c1-2-21-4-3-5-22-10-27(45)11-28(31(21)22)32-30(38)12-29-34(33(32)39)41-36(42-35(29)44-15-25-6-7-26(16-44)40-25)47-20-37(8-9-37)19-43-13-23-17-46-18-24(23)14-43/h1,3-5,10-12,23-26,40,45H,6-9,13-20H2/t23-,24-,25?,26?/m0/s1. The molecule has 5 fully saturated rings. The molecule has 242 valence electrons. The average molecular weight is 654 g/mol. The number of likely N-dealkylation sites (tertiary alicyclic amines) is 1. The Morgan fingerprint density at radius 2 is 1.85 bits per heavy atom. The van der Waals surface area contributed by atoms with Crippen molar-refractivity contribution in [2.24, 2.45) is 17.3 Å². The summed E-state index contributed by atoms with van der Waals surface area (Å²) in [6.07, 6.45) is 10.2. The summed E-state index contributed by atoms with van der Waals surface area (Å²) in [4.78, 5) is 14.5. The number of phenolic OH excluding ortho intramolecular Hbond substituents is 1. The summed E-state index contributed by atoms with van der Waals surface area (Å²) in [5.41, 5.74) is 1.34. The summed E-state index contributed by atoms with van der Waals surface area (Å²) >= 11 is 6.95. The lowest BCUT2D eigenvalue weighted by Crippen LogP contribution is -2.51. The van der Waals surface area contributed by atoms with E-state index in [4.69, 9.17) is 37.5 Å². The molecule has 0 amide bonds. The Morgan fingerprint density at radius 1 is 1.09 bits per heavy atom. The molecule has 1 aromatic heterocycles. The minimum atomic E-state index is -0.593. The average Bonchev–Trinajstić information content (AvgIpc) is 3.30. The molecular weight excluding hydrogens is 617 g/mol. The Balaban J connectivity index is 1.12. The number of ether oxygens (including phenoxy) is 2. The van der Waals surface area contributed by atoms with Gasteiger partial charge in [-0.3, -0.25) is 0 Å². The summed E-state index contributed by atoms with van der Waals surface area (Å²) < 4.78 is 29.2. The van der Waals surface area contributed by atoms with Crippen molar-refractivity contribution in [2.75, 3.05) is 57.4 Å². The topological polar surface area (TPSA) is 83.0 Å². The third-order valence-electron chi connectivity index (χ3n) is 11.1. The minimum Gasteiger partial charge on any atom is -0.508 e. The number of nitrogens with zero attached hydrogens (tertiary/aromatic N) is 4. The molecular formula is C37H37ClFN5O3. The summed E-state index contributed by atoms with van der Waals surface area (Å²) in [6, 6.07) is 11.2. The van der Waals surface area contributed by atoms with Crippen molar-refractivity contribution in [3.63, 3.8) is 0 Å². The fourth-order valence-electron chi connectivity index (χ4n) is 8.54. The van der Waals surface area contributed by atoms with Gasteiger partial charge in [-0.15, -0.1) is 6.42 Å². The maximum absolute atomic E-state index is 17.1. The Bertz CT molecular complexity index is 1940. The predicted octanol–water partition coefficient (Wildman–Crippen LogP) is 5.61. The lowest BCUT2D eigenvalue weighted by atomic mass is 9.93. The van der Waals surface area contributed by atoms with E-state index in [9.17, 15) is 5.11 Å². The SMILES string of the molecule is C#Cc1cccc2cc(O)cc(-c3c(Cl)cc4c(N5CC6CCC(C5)N6)nc(OCC5(CN6C[C@H]7COC[C@@H]7C6)CC5)nc4c3F)c12. The van der Waals surface area contributed by atoms with E-state index in [0.29, 0.717) is 63.6 Å². The molecule has 4 aromatic rings. The summed E-state index contributed by atoms with van der Waals surface area (Å²) in [5, 5.41) is 16.4. The first kappa shape index (κ1) is 29.5. The van der Waals surface area contributed by atoms with Crippen LogP contribution in [0.2, 0.25) is 5.02 Å². The molecule has 5 aliphatic rings. The number of piperazine rings is 1. The van der Waals surface area contributed by atoms with Crippen molar-refractivity contribution in [2.45, 2.75) is 37.8 Å². The van der Waals surface area contributed by atoms with Gasteiger partial charge in [0.05, 0.1) is 24.8 Å². The summed E-state index contributed by atoms with van der Waals surface area (Å²) in [7, 11) is 0. The van der Waals surface area contributed by atoms with Gasteiger partial charge in [0.1, 0.15) is 17.1 Å². The first-order chi connectivity index (χ1) is 22.9. The highest BCUT2D eigenvalue weighted by Gasteiger charge is 2.48. The van der Waals surface area contributed by atoms with Gasteiger partial charge in [-0.2, -0.15) is 9.97 Å². The largest absolute Gasteiger partial charge is 0.508 e. The molecule has 2 N–H and O–H groups in total. The Hall–Kier alpha value is -3.68. The molecule has 4 atom stereocenters. The third-order valence-corrected chi connectivity index (χ3v) is 11.4. The minimum absolute atomic E-state index is 0.00943. The third kappa shape index (κ3) is 5.17. The van der Waals surface area contributed by atoms with Crippen molar-refractivity contribution >= 4 is 39.1 Å². The van der Waals surface area contributed by atoms with Gasteiger partial charge in [0.2, 0.25) is 0 Å². The molecule has 1 aliphatic carbocycles. The van der Waals surface area contributed by atoms with Gasteiger partial charge in [0, 0.05) is 84.0 Å². The van der Waals surface area contributed by atoms with Crippen LogP contribution >= 0.6 is 11.6 Å². The Kier molecular flexibility index (Phi) is 7.02. The van der Waals surface area contributed by atoms with E-state index in [0.717, 1.165) is 71.6 Å². The molecule has 4 aliphatic heterocycles. The molecule has 2 unspecified atom stereocenters. The van der Waals surface area contributed by atoms with E-state index in [1.165, 1.54) is 6.07 Å². The van der Waals surface area contributed by atoms with E-state index in [-0.39, 0.29) is 33.3 Å². The molecule has 3 aromatic carbocycles. The predicted molar refractivity (Wildman–Crippen MR) is 181 cm³/mol. The number of benzene rings is 3. The van der Waals surface area contributed by atoms with E-state index >= 15 is 4.39 Å². The Morgan fingerprint density at radius 3 is 2.57 bits per heavy atom. The molecule has 0 radical (unpaired) electrons. The fraction of sp³-hybridized carbons (Fsp3) is 0.459. The molecule has 0 spiro atoms. The molecule has 47 heavy (non-hydrogen) atoms. The Labute approximate surface area is 278 Å². The van der Waals surface area contributed by atoms with Crippen molar-refractivity contribution in [3.05, 3.63) is 52.8 Å². The van der Waals surface area contributed by atoms with Crippen LogP contribution in [0.4, 0.5) is 10.2 Å². The number of fused-ring (bicyclic) bond motifs is 5. The molecule has 2 bridgehead atoms. The van der Waals surface area contributed by atoms with Crippen LogP contribution in [-0.4, -0.2) is 84.6 Å². The smallest absolute Gasteiger partial charge is 0.319 e. The van der Waals surface area contributed by atoms with Gasteiger partial charge < -0.3 is 29.7 Å². The lowest BCUT2D eigenvalue weighted by molar-refractivity contribution is 0.131. The van der Waals surface area contributed by atoms with Crippen molar-refractivity contribution in [1.82, 2.24) is 20.2 Å². The highest BCUT2D eigenvalue weighted by Crippen LogP contribution is 2.48. The van der Waals surface area contributed by atoms with Crippen LogP contribution in [0.15, 0.2) is 36.4 Å². The van der Waals surface area contributed by atoms with Crippen molar-refractivity contribution in [1.29, 1.82) is 0 Å². The van der Waals surface area contributed by atoms with Crippen LogP contribution in [0.5, 0.6) is 11.8 Å². The first-order valence-corrected chi connectivity index (χ1v) is 17.1. The highest BCUT2D eigenvalue weighted by molar-refractivity contribution is 6.35. The lowest BCUT2D eigenvalue weighted by Gasteiger charge is -2.34. The second-order valence-electron chi connectivity index (χ2n) is 14.4. The number of phenols is 1. The van der Waals surface area contributed by atoms with E-state index in [1.807, 2.05) is 12.1 Å². The molecule has 1 saturated carbocycles. The summed E-state index contributed by atoms with van der Waals surface area (Å²) in [5.74, 6) is 4.02. The zero-order chi connectivity index (χ0) is 31.9. The first-order valence-electron chi connectivity index (χ1n) is 16.7. The number of terminal acetylenes is 1. The molecule has 9 rings (SSSR count). The molecule has 5 heterocycles. The number of aromatic hydroxyl groups is 1. The van der Waals surface area contributed by atoms with Crippen LogP contribution < -0.4 is 15.0 Å².